The van der Waals surface area contributed by atoms with Gasteiger partial charge in [-0.05, 0) is 56.2 Å². The summed E-state index contributed by atoms with van der Waals surface area (Å²) in [5, 5.41) is 9.73. The van der Waals surface area contributed by atoms with Crippen molar-refractivity contribution in [2.24, 2.45) is 0 Å². The molecule has 0 atom stereocenters. The molecule has 1 saturated carbocycles. The van der Waals surface area contributed by atoms with Crippen molar-refractivity contribution in [2.45, 2.75) is 38.6 Å². The van der Waals surface area contributed by atoms with Gasteiger partial charge in [0, 0.05) is 24.4 Å². The molecule has 1 fully saturated rings. The molecule has 1 heterocycles. The van der Waals surface area contributed by atoms with Crippen LogP contribution >= 0.6 is 0 Å². The molecule has 4 rings (SSSR count). The van der Waals surface area contributed by atoms with Gasteiger partial charge in [-0.15, -0.1) is 0 Å². The van der Waals surface area contributed by atoms with Crippen LogP contribution in [0.4, 0.5) is 5.69 Å². The lowest BCUT2D eigenvalue weighted by molar-refractivity contribution is -0.116. The average molecular weight is 420 g/mol. The number of nitrogens with one attached hydrogen (secondary N) is 2. The molecule has 0 radical (unpaired) electrons. The number of carbonyl (C=O) groups is 2. The second-order valence-corrected chi connectivity index (χ2v) is 7.31. The molecule has 160 valence electrons. The number of aryl methyl sites for hydroxylation is 1. The van der Waals surface area contributed by atoms with Crippen LogP contribution in [0.25, 0.3) is 11.4 Å². The van der Waals surface area contributed by atoms with Gasteiger partial charge in [-0.3, -0.25) is 9.59 Å². The van der Waals surface area contributed by atoms with E-state index in [0.29, 0.717) is 36.0 Å². The van der Waals surface area contributed by atoms with Crippen molar-refractivity contribution in [1.82, 2.24) is 15.5 Å². The number of amides is 2. The highest BCUT2D eigenvalue weighted by atomic mass is 16.5. The second kappa shape index (κ2) is 9.42. The number of para-hydroxylation sites is 1. The minimum Gasteiger partial charge on any atom is -0.494 e. The Morgan fingerprint density at radius 3 is 2.65 bits per heavy atom. The number of benzene rings is 2. The van der Waals surface area contributed by atoms with Gasteiger partial charge in [0.15, 0.2) is 0 Å². The first-order valence-corrected chi connectivity index (χ1v) is 10.4. The van der Waals surface area contributed by atoms with Gasteiger partial charge in [-0.1, -0.05) is 17.3 Å². The van der Waals surface area contributed by atoms with Gasteiger partial charge >= 0.3 is 0 Å². The average Bonchev–Trinajstić information content (AvgIpc) is 3.46. The van der Waals surface area contributed by atoms with Crippen LogP contribution in [-0.4, -0.2) is 34.6 Å². The van der Waals surface area contributed by atoms with Crippen LogP contribution in [0, 0.1) is 0 Å². The fourth-order valence-corrected chi connectivity index (χ4v) is 3.05. The van der Waals surface area contributed by atoms with E-state index in [-0.39, 0.29) is 24.3 Å². The molecule has 1 aliphatic carbocycles. The SMILES string of the molecule is CCOc1ccc(-c2noc(CCC(=O)Nc3ccccc3C(=O)NC3CC3)n2)cc1. The number of nitrogens with zero attached hydrogens (tertiary/aromatic N) is 2. The summed E-state index contributed by atoms with van der Waals surface area (Å²) in [4.78, 5) is 29.2. The van der Waals surface area contributed by atoms with Crippen LogP contribution in [0.15, 0.2) is 53.1 Å². The summed E-state index contributed by atoms with van der Waals surface area (Å²) in [6.45, 7) is 2.53. The Balaban J connectivity index is 1.33. The summed E-state index contributed by atoms with van der Waals surface area (Å²) in [5.74, 6) is 1.21. The second-order valence-electron chi connectivity index (χ2n) is 7.31. The summed E-state index contributed by atoms with van der Waals surface area (Å²) in [6.07, 6.45) is 2.46. The summed E-state index contributed by atoms with van der Waals surface area (Å²) < 4.78 is 10.7. The molecule has 0 unspecified atom stereocenters. The molecule has 0 spiro atoms. The molecule has 3 aromatic rings. The van der Waals surface area contributed by atoms with E-state index >= 15 is 0 Å². The Morgan fingerprint density at radius 1 is 1.13 bits per heavy atom. The van der Waals surface area contributed by atoms with E-state index in [2.05, 4.69) is 20.8 Å². The third-order valence-electron chi connectivity index (χ3n) is 4.82. The van der Waals surface area contributed by atoms with Crippen LogP contribution in [0.2, 0.25) is 0 Å². The predicted octanol–water partition coefficient (Wildman–Crippen LogP) is 3.60. The number of rotatable bonds is 9. The Labute approximate surface area is 180 Å². The summed E-state index contributed by atoms with van der Waals surface area (Å²) >= 11 is 0. The van der Waals surface area contributed by atoms with Crippen LogP contribution in [0.5, 0.6) is 5.75 Å². The molecule has 0 aliphatic heterocycles. The smallest absolute Gasteiger partial charge is 0.253 e. The Kier molecular flexibility index (Phi) is 6.26. The first kappa shape index (κ1) is 20.6. The first-order valence-electron chi connectivity index (χ1n) is 10.4. The van der Waals surface area contributed by atoms with Crippen LogP contribution in [-0.2, 0) is 11.2 Å². The van der Waals surface area contributed by atoms with Crippen LogP contribution in [0.1, 0.15) is 42.4 Å². The van der Waals surface area contributed by atoms with Crippen LogP contribution in [0.3, 0.4) is 0 Å². The van der Waals surface area contributed by atoms with Crippen molar-refractivity contribution in [2.75, 3.05) is 11.9 Å². The third kappa shape index (κ3) is 5.48. The van der Waals surface area contributed by atoms with E-state index in [4.69, 9.17) is 9.26 Å². The quantitative estimate of drug-likeness (QED) is 0.548. The standard InChI is InChI=1S/C23H24N4O4/c1-2-30-17-11-7-15(8-12-17)22-26-21(31-27-22)14-13-20(28)25-19-6-4-3-5-18(19)23(29)24-16-9-10-16/h3-8,11-12,16H,2,9-10,13-14H2,1H3,(H,24,29)(H,25,28). The minimum atomic E-state index is -0.229. The maximum absolute atomic E-state index is 12.4. The Bertz CT molecular complexity index is 1060. The third-order valence-corrected chi connectivity index (χ3v) is 4.82. The first-order chi connectivity index (χ1) is 15.1. The van der Waals surface area contributed by atoms with Crippen molar-refractivity contribution in [3.05, 3.63) is 60.0 Å². The normalized spacial score (nSPS) is 12.9. The lowest BCUT2D eigenvalue weighted by Gasteiger charge is -2.10. The molecule has 1 aromatic heterocycles. The van der Waals surface area contributed by atoms with Crippen LogP contribution < -0.4 is 15.4 Å². The Morgan fingerprint density at radius 2 is 1.90 bits per heavy atom. The van der Waals surface area contributed by atoms with E-state index in [0.717, 1.165) is 24.2 Å². The van der Waals surface area contributed by atoms with Gasteiger partial charge in [-0.2, -0.15) is 4.98 Å². The number of hydrogen-bond acceptors (Lipinski definition) is 6. The zero-order valence-electron chi connectivity index (χ0n) is 17.3. The van der Waals surface area contributed by atoms with Crippen molar-refractivity contribution < 1.29 is 18.8 Å². The largest absolute Gasteiger partial charge is 0.494 e. The van der Waals surface area contributed by atoms with E-state index in [9.17, 15) is 9.59 Å². The van der Waals surface area contributed by atoms with E-state index in [1.165, 1.54) is 0 Å². The molecule has 0 saturated heterocycles. The molecule has 2 N–H and O–H groups in total. The molecule has 2 aromatic carbocycles. The molecule has 0 bridgehead atoms. The molecule has 2 amide bonds. The number of ether oxygens (including phenoxy) is 1. The highest BCUT2D eigenvalue weighted by Crippen LogP contribution is 2.22. The van der Waals surface area contributed by atoms with E-state index in [1.54, 1.807) is 24.3 Å². The highest BCUT2D eigenvalue weighted by molar-refractivity contribution is 6.03. The monoisotopic (exact) mass is 420 g/mol. The van der Waals surface area contributed by atoms with Gasteiger partial charge < -0.3 is 19.9 Å². The number of hydrogen-bond donors (Lipinski definition) is 2. The number of aromatic nitrogens is 2. The maximum Gasteiger partial charge on any atom is 0.253 e. The zero-order valence-corrected chi connectivity index (χ0v) is 17.3. The van der Waals surface area contributed by atoms with Gasteiger partial charge in [-0.25, -0.2) is 0 Å². The van der Waals surface area contributed by atoms with Gasteiger partial charge in [0.05, 0.1) is 17.9 Å². The van der Waals surface area contributed by atoms with Crippen molar-refractivity contribution >= 4 is 17.5 Å². The van der Waals surface area contributed by atoms with Gasteiger partial charge in [0.25, 0.3) is 5.91 Å². The molecule has 31 heavy (non-hydrogen) atoms. The highest BCUT2D eigenvalue weighted by Gasteiger charge is 2.25. The maximum atomic E-state index is 12.4. The molecular formula is C23H24N4O4. The zero-order chi connectivity index (χ0) is 21.6. The van der Waals surface area contributed by atoms with E-state index < -0.39 is 0 Å². The fourth-order valence-electron chi connectivity index (χ4n) is 3.05. The van der Waals surface area contributed by atoms with E-state index in [1.807, 2.05) is 31.2 Å². The minimum absolute atomic E-state index is 0.156. The number of carbonyl (C=O) groups excluding carboxylic acids is 2. The molecule has 8 nitrogen and oxygen atoms in total. The fraction of sp³-hybridized carbons (Fsp3) is 0.304. The predicted molar refractivity (Wildman–Crippen MR) is 115 cm³/mol. The molecule has 1 aliphatic rings. The van der Waals surface area contributed by atoms with Crippen molar-refractivity contribution in [3.63, 3.8) is 0 Å². The topological polar surface area (TPSA) is 106 Å². The number of anilines is 1. The molecular weight excluding hydrogens is 396 g/mol. The summed E-state index contributed by atoms with van der Waals surface area (Å²) in [7, 11) is 0. The Hall–Kier alpha value is -3.68. The summed E-state index contributed by atoms with van der Waals surface area (Å²) in [5.41, 5.74) is 1.75. The lowest BCUT2D eigenvalue weighted by Crippen LogP contribution is -2.27. The van der Waals surface area contributed by atoms with Crippen molar-refractivity contribution in [1.29, 1.82) is 0 Å². The van der Waals surface area contributed by atoms with Crippen molar-refractivity contribution in [3.8, 4) is 17.1 Å². The lowest BCUT2D eigenvalue weighted by atomic mass is 10.1. The molecule has 8 heteroatoms. The van der Waals surface area contributed by atoms with Gasteiger partial charge in [0.1, 0.15) is 5.75 Å². The van der Waals surface area contributed by atoms with Gasteiger partial charge in [0.2, 0.25) is 17.6 Å². The summed E-state index contributed by atoms with van der Waals surface area (Å²) in [6, 6.07) is 14.6.